The first-order valence-electron chi connectivity index (χ1n) is 5.31. The van der Waals surface area contributed by atoms with Crippen LogP contribution in [0.3, 0.4) is 0 Å². The molecule has 0 saturated heterocycles. The van der Waals surface area contributed by atoms with E-state index in [1.54, 1.807) is 13.8 Å². The number of ether oxygens (including phenoxy) is 1. The summed E-state index contributed by atoms with van der Waals surface area (Å²) in [4.78, 5) is 11.9. The third-order valence-corrected chi connectivity index (χ3v) is 2.78. The number of amides is 1. The molecule has 88 valence electrons. The van der Waals surface area contributed by atoms with Gasteiger partial charge in [-0.3, -0.25) is 4.79 Å². The first kappa shape index (κ1) is 12.7. The van der Waals surface area contributed by atoms with E-state index in [2.05, 4.69) is 5.32 Å². The molecule has 0 spiro atoms. The van der Waals surface area contributed by atoms with E-state index in [4.69, 9.17) is 4.74 Å². The van der Waals surface area contributed by atoms with Crippen LogP contribution in [0.5, 0.6) is 0 Å². The summed E-state index contributed by atoms with van der Waals surface area (Å²) >= 11 is 0. The Morgan fingerprint density at radius 2 is 1.75 bits per heavy atom. The van der Waals surface area contributed by atoms with Crippen molar-refractivity contribution in [2.24, 2.45) is 0 Å². The molecular formula is C13H19NO2. The molecule has 1 N–H and O–H groups in total. The Morgan fingerprint density at radius 1 is 1.25 bits per heavy atom. The Morgan fingerprint density at radius 3 is 2.19 bits per heavy atom. The van der Waals surface area contributed by atoms with Crippen LogP contribution in [-0.2, 0) is 9.53 Å². The van der Waals surface area contributed by atoms with E-state index in [1.807, 2.05) is 32.0 Å². The van der Waals surface area contributed by atoms with E-state index in [1.165, 1.54) is 7.11 Å². The molecule has 0 aliphatic rings. The van der Waals surface area contributed by atoms with Crippen LogP contribution in [0.4, 0.5) is 5.69 Å². The lowest BCUT2D eigenvalue weighted by molar-refractivity contribution is -0.133. The first-order valence-corrected chi connectivity index (χ1v) is 5.31. The number of benzene rings is 1. The van der Waals surface area contributed by atoms with Gasteiger partial charge in [-0.1, -0.05) is 18.2 Å². The highest BCUT2D eigenvalue weighted by atomic mass is 16.5. The normalized spacial score (nSPS) is 11.3. The second-order valence-corrected chi connectivity index (χ2v) is 4.44. The fraction of sp³-hybridized carbons (Fsp3) is 0.462. The summed E-state index contributed by atoms with van der Waals surface area (Å²) in [6.07, 6.45) is 0. The Balaban J connectivity index is 2.94. The lowest BCUT2D eigenvalue weighted by atomic mass is 10.1. The Labute approximate surface area is 96.8 Å². The highest BCUT2D eigenvalue weighted by Gasteiger charge is 2.27. The topological polar surface area (TPSA) is 38.3 Å². The molecule has 0 saturated carbocycles. The van der Waals surface area contributed by atoms with Crippen LogP contribution in [0.2, 0.25) is 0 Å². The minimum atomic E-state index is -0.811. The molecule has 0 fully saturated rings. The molecule has 0 radical (unpaired) electrons. The molecule has 1 aromatic rings. The average molecular weight is 221 g/mol. The number of nitrogens with one attached hydrogen (secondary N) is 1. The van der Waals surface area contributed by atoms with Crippen LogP contribution in [-0.4, -0.2) is 18.6 Å². The highest BCUT2D eigenvalue weighted by molar-refractivity contribution is 5.97. The molecule has 1 aromatic carbocycles. The van der Waals surface area contributed by atoms with E-state index >= 15 is 0 Å². The van der Waals surface area contributed by atoms with Gasteiger partial charge in [0, 0.05) is 12.8 Å². The van der Waals surface area contributed by atoms with Crippen molar-refractivity contribution in [3.8, 4) is 0 Å². The number of rotatable bonds is 3. The van der Waals surface area contributed by atoms with Gasteiger partial charge in [0.25, 0.3) is 5.91 Å². The Kier molecular flexibility index (Phi) is 3.70. The largest absolute Gasteiger partial charge is 0.369 e. The van der Waals surface area contributed by atoms with E-state index < -0.39 is 5.60 Å². The number of methoxy groups -OCH3 is 1. The molecule has 0 heterocycles. The second kappa shape index (κ2) is 4.66. The fourth-order valence-corrected chi connectivity index (χ4v) is 1.37. The maximum atomic E-state index is 11.9. The minimum absolute atomic E-state index is 0.132. The van der Waals surface area contributed by atoms with Gasteiger partial charge < -0.3 is 10.1 Å². The zero-order valence-electron chi connectivity index (χ0n) is 10.5. The molecular weight excluding hydrogens is 202 g/mol. The number of carbonyl (C=O) groups excluding carboxylic acids is 1. The molecule has 0 aliphatic carbocycles. The molecule has 0 aromatic heterocycles. The number of para-hydroxylation sites is 1. The van der Waals surface area contributed by atoms with Crippen molar-refractivity contribution in [2.45, 2.75) is 33.3 Å². The standard InChI is InChI=1S/C13H19NO2/c1-9-7-6-8-10(2)11(9)14-12(15)13(3,4)16-5/h6-8H,1-5H3,(H,14,15). The number of hydrogen-bond donors (Lipinski definition) is 1. The molecule has 1 amide bonds. The number of anilines is 1. The summed E-state index contributed by atoms with van der Waals surface area (Å²) in [7, 11) is 1.53. The van der Waals surface area contributed by atoms with Crippen molar-refractivity contribution in [2.75, 3.05) is 12.4 Å². The third kappa shape index (κ3) is 2.61. The molecule has 0 atom stereocenters. The molecule has 0 aliphatic heterocycles. The van der Waals surface area contributed by atoms with Crippen LogP contribution in [0.15, 0.2) is 18.2 Å². The van der Waals surface area contributed by atoms with Gasteiger partial charge in [0.2, 0.25) is 0 Å². The maximum absolute atomic E-state index is 11.9. The minimum Gasteiger partial charge on any atom is -0.369 e. The quantitative estimate of drug-likeness (QED) is 0.852. The first-order chi connectivity index (χ1) is 7.38. The maximum Gasteiger partial charge on any atom is 0.256 e. The third-order valence-electron chi connectivity index (χ3n) is 2.78. The van der Waals surface area contributed by atoms with Crippen LogP contribution in [0.25, 0.3) is 0 Å². The van der Waals surface area contributed by atoms with Gasteiger partial charge in [0.05, 0.1) is 0 Å². The number of hydrogen-bond acceptors (Lipinski definition) is 2. The molecule has 0 bridgehead atoms. The summed E-state index contributed by atoms with van der Waals surface area (Å²) < 4.78 is 5.14. The van der Waals surface area contributed by atoms with Gasteiger partial charge in [0.15, 0.2) is 0 Å². The predicted octanol–water partition coefficient (Wildman–Crippen LogP) is 2.67. The zero-order chi connectivity index (χ0) is 12.3. The van der Waals surface area contributed by atoms with Crippen molar-refractivity contribution in [1.82, 2.24) is 0 Å². The summed E-state index contributed by atoms with van der Waals surface area (Å²) in [6.45, 7) is 7.44. The SMILES string of the molecule is COC(C)(C)C(=O)Nc1c(C)cccc1C. The van der Waals surface area contributed by atoms with Crippen LogP contribution in [0, 0.1) is 13.8 Å². The van der Waals surface area contributed by atoms with Gasteiger partial charge >= 0.3 is 0 Å². The molecule has 1 rings (SSSR count). The van der Waals surface area contributed by atoms with E-state index in [-0.39, 0.29) is 5.91 Å². The van der Waals surface area contributed by atoms with Crippen LogP contribution < -0.4 is 5.32 Å². The van der Waals surface area contributed by atoms with Gasteiger partial charge in [-0.15, -0.1) is 0 Å². The zero-order valence-corrected chi connectivity index (χ0v) is 10.5. The lowest BCUT2D eigenvalue weighted by Crippen LogP contribution is -2.39. The van der Waals surface area contributed by atoms with Gasteiger partial charge in [0.1, 0.15) is 5.60 Å². The summed E-state index contributed by atoms with van der Waals surface area (Å²) in [5.74, 6) is -0.132. The van der Waals surface area contributed by atoms with Crippen LogP contribution in [0.1, 0.15) is 25.0 Å². The molecule has 3 heteroatoms. The van der Waals surface area contributed by atoms with Crippen molar-refractivity contribution in [1.29, 1.82) is 0 Å². The lowest BCUT2D eigenvalue weighted by Gasteiger charge is -2.23. The van der Waals surface area contributed by atoms with Gasteiger partial charge in [-0.25, -0.2) is 0 Å². The molecule has 16 heavy (non-hydrogen) atoms. The second-order valence-electron chi connectivity index (χ2n) is 4.44. The van der Waals surface area contributed by atoms with Crippen molar-refractivity contribution >= 4 is 11.6 Å². The predicted molar refractivity (Wildman–Crippen MR) is 65.6 cm³/mol. The smallest absolute Gasteiger partial charge is 0.256 e. The number of aryl methyl sites for hydroxylation is 2. The highest BCUT2D eigenvalue weighted by Crippen LogP contribution is 2.21. The average Bonchev–Trinajstić information content (AvgIpc) is 2.23. The molecule has 0 unspecified atom stereocenters. The Hall–Kier alpha value is -1.35. The van der Waals surface area contributed by atoms with Gasteiger partial charge in [-0.2, -0.15) is 0 Å². The summed E-state index contributed by atoms with van der Waals surface area (Å²) in [5.41, 5.74) is 2.17. The van der Waals surface area contributed by atoms with E-state index in [9.17, 15) is 4.79 Å². The van der Waals surface area contributed by atoms with Crippen molar-refractivity contribution in [3.05, 3.63) is 29.3 Å². The van der Waals surface area contributed by atoms with Gasteiger partial charge in [-0.05, 0) is 38.8 Å². The summed E-state index contributed by atoms with van der Waals surface area (Å²) in [6, 6.07) is 5.92. The molecule has 3 nitrogen and oxygen atoms in total. The Bertz CT molecular complexity index is 377. The summed E-state index contributed by atoms with van der Waals surface area (Å²) in [5, 5.41) is 2.91. The van der Waals surface area contributed by atoms with Crippen molar-refractivity contribution in [3.63, 3.8) is 0 Å². The van der Waals surface area contributed by atoms with Crippen LogP contribution >= 0.6 is 0 Å². The monoisotopic (exact) mass is 221 g/mol. The van der Waals surface area contributed by atoms with E-state index in [0.29, 0.717) is 0 Å². The van der Waals surface area contributed by atoms with Crippen molar-refractivity contribution < 1.29 is 9.53 Å². The fourth-order valence-electron chi connectivity index (χ4n) is 1.37. The number of carbonyl (C=O) groups is 1. The van der Waals surface area contributed by atoms with E-state index in [0.717, 1.165) is 16.8 Å².